The van der Waals surface area contributed by atoms with Gasteiger partial charge in [-0.1, -0.05) is 36.4 Å². The number of aromatic nitrogens is 1. The molecule has 28 heavy (non-hydrogen) atoms. The lowest BCUT2D eigenvalue weighted by Gasteiger charge is -2.37. The molecule has 3 aromatic rings. The van der Waals surface area contributed by atoms with Gasteiger partial charge in [-0.05, 0) is 23.8 Å². The molecule has 5 nitrogen and oxygen atoms in total. The molecule has 0 saturated carbocycles. The maximum atomic E-state index is 14.0. The normalized spacial score (nSPS) is 15.1. The molecule has 1 aliphatic rings. The molecule has 0 atom stereocenters. The van der Waals surface area contributed by atoms with E-state index in [1.54, 1.807) is 13.1 Å². The average molecular weight is 377 g/mol. The summed E-state index contributed by atoms with van der Waals surface area (Å²) >= 11 is 0. The Balaban J connectivity index is 1.40. The number of benzene rings is 2. The van der Waals surface area contributed by atoms with Crippen LogP contribution in [0, 0.1) is 5.82 Å². The van der Waals surface area contributed by atoms with Crippen LogP contribution < -0.4 is 10.2 Å². The highest BCUT2D eigenvalue weighted by atomic mass is 19.1. The van der Waals surface area contributed by atoms with Crippen LogP contribution in [0.1, 0.15) is 5.56 Å². The number of halogens is 1. The fourth-order valence-corrected chi connectivity index (χ4v) is 3.68. The molecule has 4 rings (SSSR count). The minimum atomic E-state index is -0.165. The van der Waals surface area contributed by atoms with Crippen molar-refractivity contribution >= 4 is 22.5 Å². The van der Waals surface area contributed by atoms with E-state index in [1.165, 1.54) is 6.07 Å². The Labute approximate surface area is 164 Å². The number of nitrogens with one attached hydrogen (secondary N) is 1. The Kier molecular flexibility index (Phi) is 5.37. The summed E-state index contributed by atoms with van der Waals surface area (Å²) in [6.45, 7) is 3.77. The lowest BCUT2D eigenvalue weighted by molar-refractivity contribution is 0.370. The standard InChI is InChI=1S/C22H24FN5/c1-24-22(26-16-18-7-4-6-17-8-5-11-25-21(17)18)28-14-12-27(13-15-28)20-10-3-2-9-19(20)23/h2-11H,12-16H2,1H3,(H,24,26). The van der Waals surface area contributed by atoms with Crippen molar-refractivity contribution in [3.05, 3.63) is 72.2 Å². The third-order valence-corrected chi connectivity index (χ3v) is 5.14. The minimum Gasteiger partial charge on any atom is -0.366 e. The molecule has 6 heteroatoms. The fraction of sp³-hybridized carbons (Fsp3) is 0.273. The van der Waals surface area contributed by atoms with E-state index in [0.29, 0.717) is 12.2 Å². The van der Waals surface area contributed by atoms with E-state index >= 15 is 0 Å². The monoisotopic (exact) mass is 377 g/mol. The van der Waals surface area contributed by atoms with Gasteiger partial charge in [-0.25, -0.2) is 4.39 Å². The average Bonchev–Trinajstić information content (AvgIpc) is 2.75. The minimum absolute atomic E-state index is 0.165. The summed E-state index contributed by atoms with van der Waals surface area (Å²) in [7, 11) is 1.80. The number of piperazine rings is 1. The van der Waals surface area contributed by atoms with Crippen molar-refractivity contribution in [1.29, 1.82) is 0 Å². The maximum Gasteiger partial charge on any atom is 0.194 e. The molecule has 1 saturated heterocycles. The number of hydrogen-bond donors (Lipinski definition) is 1. The molecule has 1 aliphatic heterocycles. The predicted molar refractivity (Wildman–Crippen MR) is 112 cm³/mol. The van der Waals surface area contributed by atoms with Crippen LogP contribution in [0.25, 0.3) is 10.9 Å². The summed E-state index contributed by atoms with van der Waals surface area (Å²) in [5.41, 5.74) is 2.83. The number of para-hydroxylation sites is 2. The first-order valence-electron chi connectivity index (χ1n) is 9.54. The lowest BCUT2D eigenvalue weighted by Crippen LogP contribution is -2.52. The summed E-state index contributed by atoms with van der Waals surface area (Å²) in [4.78, 5) is 13.3. The number of fused-ring (bicyclic) bond motifs is 1. The molecule has 2 aromatic carbocycles. The summed E-state index contributed by atoms with van der Waals surface area (Å²) in [6.07, 6.45) is 1.82. The van der Waals surface area contributed by atoms with Crippen LogP contribution in [-0.4, -0.2) is 49.1 Å². The zero-order valence-electron chi connectivity index (χ0n) is 16.0. The van der Waals surface area contributed by atoms with Crippen molar-refractivity contribution in [2.75, 3.05) is 38.1 Å². The van der Waals surface area contributed by atoms with Crippen LogP contribution in [-0.2, 0) is 6.54 Å². The van der Waals surface area contributed by atoms with Crippen molar-refractivity contribution in [2.45, 2.75) is 6.54 Å². The van der Waals surface area contributed by atoms with E-state index in [-0.39, 0.29) is 5.82 Å². The number of rotatable bonds is 3. The molecule has 0 aliphatic carbocycles. The third kappa shape index (κ3) is 3.76. The summed E-state index contributed by atoms with van der Waals surface area (Å²) in [5, 5.41) is 4.59. The smallest absolute Gasteiger partial charge is 0.194 e. The molecule has 0 bridgehead atoms. The van der Waals surface area contributed by atoms with Crippen molar-refractivity contribution in [2.24, 2.45) is 4.99 Å². The van der Waals surface area contributed by atoms with Gasteiger partial charge in [0, 0.05) is 51.4 Å². The van der Waals surface area contributed by atoms with Gasteiger partial charge in [0.05, 0.1) is 11.2 Å². The van der Waals surface area contributed by atoms with Gasteiger partial charge in [0.15, 0.2) is 5.96 Å². The first kappa shape index (κ1) is 18.2. The summed E-state index contributed by atoms with van der Waals surface area (Å²) in [6, 6.07) is 17.2. The largest absolute Gasteiger partial charge is 0.366 e. The van der Waals surface area contributed by atoms with Crippen LogP contribution in [0.15, 0.2) is 65.8 Å². The second-order valence-electron chi connectivity index (χ2n) is 6.82. The van der Waals surface area contributed by atoms with Crippen molar-refractivity contribution in [3.8, 4) is 0 Å². The maximum absolute atomic E-state index is 14.0. The Morgan fingerprint density at radius 1 is 1.04 bits per heavy atom. The first-order valence-corrected chi connectivity index (χ1v) is 9.54. The van der Waals surface area contributed by atoms with E-state index in [2.05, 4.69) is 49.4 Å². The quantitative estimate of drug-likeness (QED) is 0.562. The molecule has 0 unspecified atom stereocenters. The Morgan fingerprint density at radius 3 is 2.61 bits per heavy atom. The number of hydrogen-bond acceptors (Lipinski definition) is 3. The van der Waals surface area contributed by atoms with Crippen LogP contribution in [0.4, 0.5) is 10.1 Å². The highest BCUT2D eigenvalue weighted by Gasteiger charge is 2.21. The molecule has 1 aromatic heterocycles. The molecule has 1 N–H and O–H groups in total. The molecule has 0 radical (unpaired) electrons. The number of pyridine rings is 1. The topological polar surface area (TPSA) is 43.8 Å². The second kappa shape index (κ2) is 8.25. The first-order chi connectivity index (χ1) is 13.8. The molecule has 0 spiro atoms. The molecule has 0 amide bonds. The van der Waals surface area contributed by atoms with Crippen molar-refractivity contribution in [3.63, 3.8) is 0 Å². The van der Waals surface area contributed by atoms with Gasteiger partial charge in [-0.2, -0.15) is 0 Å². The van der Waals surface area contributed by atoms with Crippen LogP contribution in [0.5, 0.6) is 0 Å². The van der Waals surface area contributed by atoms with Gasteiger partial charge in [0.1, 0.15) is 5.82 Å². The number of nitrogens with zero attached hydrogens (tertiary/aromatic N) is 4. The van der Waals surface area contributed by atoms with Gasteiger partial charge in [-0.15, -0.1) is 0 Å². The summed E-state index contributed by atoms with van der Waals surface area (Å²) in [5.74, 6) is 0.697. The molecular formula is C22H24FN5. The van der Waals surface area contributed by atoms with Gasteiger partial charge >= 0.3 is 0 Å². The predicted octanol–water partition coefficient (Wildman–Crippen LogP) is 3.27. The van der Waals surface area contributed by atoms with E-state index in [1.807, 2.05) is 24.4 Å². The molecule has 1 fully saturated rings. The third-order valence-electron chi connectivity index (χ3n) is 5.14. The van der Waals surface area contributed by atoms with Gasteiger partial charge in [0.2, 0.25) is 0 Å². The molecule has 144 valence electrons. The van der Waals surface area contributed by atoms with Gasteiger partial charge in [-0.3, -0.25) is 9.98 Å². The van der Waals surface area contributed by atoms with Gasteiger partial charge in [0.25, 0.3) is 0 Å². The zero-order valence-corrected chi connectivity index (χ0v) is 16.0. The van der Waals surface area contributed by atoms with Crippen LogP contribution in [0.3, 0.4) is 0 Å². The van der Waals surface area contributed by atoms with Crippen molar-refractivity contribution in [1.82, 2.24) is 15.2 Å². The van der Waals surface area contributed by atoms with Crippen molar-refractivity contribution < 1.29 is 4.39 Å². The fourth-order valence-electron chi connectivity index (χ4n) is 3.68. The Bertz CT molecular complexity index is 974. The van der Waals surface area contributed by atoms with Crippen LogP contribution in [0.2, 0.25) is 0 Å². The van der Waals surface area contributed by atoms with E-state index in [9.17, 15) is 4.39 Å². The number of anilines is 1. The lowest BCUT2D eigenvalue weighted by atomic mass is 10.1. The second-order valence-corrected chi connectivity index (χ2v) is 6.82. The Morgan fingerprint density at radius 2 is 1.82 bits per heavy atom. The Hall–Kier alpha value is -3.15. The number of guanidine groups is 1. The van der Waals surface area contributed by atoms with E-state index in [4.69, 9.17) is 0 Å². The van der Waals surface area contributed by atoms with Gasteiger partial charge < -0.3 is 15.1 Å². The summed E-state index contributed by atoms with van der Waals surface area (Å²) < 4.78 is 14.0. The SMILES string of the molecule is CN=C(NCc1cccc2cccnc12)N1CCN(c2ccccc2F)CC1. The highest BCUT2D eigenvalue weighted by molar-refractivity contribution is 5.83. The van der Waals surface area contributed by atoms with E-state index < -0.39 is 0 Å². The highest BCUT2D eigenvalue weighted by Crippen LogP contribution is 2.20. The molecular weight excluding hydrogens is 353 g/mol. The molecule has 2 heterocycles. The van der Waals surface area contributed by atoms with E-state index in [0.717, 1.165) is 48.6 Å². The zero-order chi connectivity index (χ0) is 19.3. The number of aliphatic imine (C=N–C) groups is 1. The van der Waals surface area contributed by atoms with Crippen LogP contribution >= 0.6 is 0 Å².